The molecule has 0 amide bonds. The summed E-state index contributed by atoms with van der Waals surface area (Å²) in [7, 11) is 1.65. The second-order valence-corrected chi connectivity index (χ2v) is 9.67. The number of sulfone groups is 1. The number of aromatic nitrogens is 3. The summed E-state index contributed by atoms with van der Waals surface area (Å²) in [5.74, 6) is 0.527. The molecule has 0 unspecified atom stereocenters. The minimum atomic E-state index is -3.41. The molecule has 0 bridgehead atoms. The van der Waals surface area contributed by atoms with Gasteiger partial charge in [0, 0.05) is 48.6 Å². The molecule has 0 fully saturated rings. The van der Waals surface area contributed by atoms with Crippen LogP contribution in [0.4, 0.5) is 0 Å². The number of hydrogen-bond donors (Lipinski definition) is 0. The van der Waals surface area contributed by atoms with E-state index in [-0.39, 0.29) is 16.2 Å². The van der Waals surface area contributed by atoms with E-state index in [0.29, 0.717) is 27.6 Å². The van der Waals surface area contributed by atoms with Crippen LogP contribution in [0.1, 0.15) is 6.92 Å². The van der Waals surface area contributed by atoms with Crippen molar-refractivity contribution in [3.05, 3.63) is 65.3 Å². The van der Waals surface area contributed by atoms with E-state index in [1.807, 2.05) is 25.4 Å². The van der Waals surface area contributed by atoms with Gasteiger partial charge in [-0.25, -0.2) is 8.42 Å². The van der Waals surface area contributed by atoms with Gasteiger partial charge in [-0.3, -0.25) is 9.48 Å². The van der Waals surface area contributed by atoms with Gasteiger partial charge in [-0.15, -0.1) is 0 Å². The molecule has 0 atom stereocenters. The Morgan fingerprint density at radius 1 is 0.968 bits per heavy atom. The van der Waals surface area contributed by atoms with E-state index < -0.39 is 9.84 Å². The number of pyridine rings is 1. The first-order valence-electron chi connectivity index (χ1n) is 9.78. The predicted octanol–water partition coefficient (Wildman–Crippen LogP) is 3.41. The predicted molar refractivity (Wildman–Crippen MR) is 121 cm³/mol. The lowest BCUT2D eigenvalue weighted by Gasteiger charge is -2.15. The number of nitrogens with zero attached hydrogens (tertiary/aromatic N) is 3. The maximum Gasteiger partial charge on any atom is 0.258 e. The van der Waals surface area contributed by atoms with Crippen LogP contribution in [-0.4, -0.2) is 35.6 Å². The van der Waals surface area contributed by atoms with Gasteiger partial charge in [0.25, 0.3) is 5.56 Å². The standard InChI is InChI=1S/C23H23N3O4S/c1-5-31(28,29)17-7-9-22(30-4)20(11-17)21-14-25(2)23(27)18-8-6-15(10-19(18)21)16-12-24-26(3)13-16/h6-14H,5H2,1-4H3. The number of fused-ring (bicyclic) bond motifs is 1. The molecule has 0 saturated carbocycles. The maximum atomic E-state index is 12.8. The largest absolute Gasteiger partial charge is 0.496 e. The normalized spacial score (nSPS) is 11.7. The Kier molecular flexibility index (Phi) is 5.18. The average molecular weight is 438 g/mol. The fraction of sp³-hybridized carbons (Fsp3) is 0.217. The molecule has 7 nitrogen and oxygen atoms in total. The fourth-order valence-corrected chi connectivity index (χ4v) is 4.59. The van der Waals surface area contributed by atoms with Crippen molar-refractivity contribution in [2.45, 2.75) is 11.8 Å². The smallest absolute Gasteiger partial charge is 0.258 e. The molecule has 8 heteroatoms. The number of methoxy groups -OCH3 is 1. The fourth-order valence-electron chi connectivity index (χ4n) is 3.69. The zero-order chi connectivity index (χ0) is 22.3. The van der Waals surface area contributed by atoms with Gasteiger partial charge in [-0.1, -0.05) is 13.0 Å². The number of rotatable bonds is 5. The van der Waals surface area contributed by atoms with Crippen LogP contribution in [0.5, 0.6) is 5.75 Å². The summed E-state index contributed by atoms with van der Waals surface area (Å²) in [6, 6.07) is 10.4. The summed E-state index contributed by atoms with van der Waals surface area (Å²) in [5, 5.41) is 5.48. The highest BCUT2D eigenvalue weighted by Crippen LogP contribution is 2.37. The molecule has 4 rings (SSSR count). The van der Waals surface area contributed by atoms with E-state index in [0.717, 1.165) is 11.1 Å². The van der Waals surface area contributed by atoms with Crippen LogP contribution >= 0.6 is 0 Å². The molecule has 0 N–H and O–H groups in total. The van der Waals surface area contributed by atoms with Crippen molar-refractivity contribution < 1.29 is 13.2 Å². The molecule has 2 aromatic heterocycles. The van der Waals surface area contributed by atoms with Crippen molar-refractivity contribution in [1.29, 1.82) is 0 Å². The topological polar surface area (TPSA) is 83.2 Å². The molecular formula is C23H23N3O4S. The number of aryl methyl sites for hydroxylation is 2. The third-order valence-electron chi connectivity index (χ3n) is 5.42. The van der Waals surface area contributed by atoms with Crippen LogP contribution in [0.15, 0.2) is 64.7 Å². The second-order valence-electron chi connectivity index (χ2n) is 7.39. The summed E-state index contributed by atoms with van der Waals surface area (Å²) in [5.41, 5.74) is 3.03. The summed E-state index contributed by atoms with van der Waals surface area (Å²) in [4.78, 5) is 13.0. The first-order chi connectivity index (χ1) is 14.7. The van der Waals surface area contributed by atoms with Crippen molar-refractivity contribution in [3.8, 4) is 28.0 Å². The maximum absolute atomic E-state index is 12.8. The average Bonchev–Trinajstić information content (AvgIpc) is 3.21. The van der Waals surface area contributed by atoms with Gasteiger partial charge in [0.05, 0.1) is 24.0 Å². The van der Waals surface area contributed by atoms with Crippen molar-refractivity contribution in [2.75, 3.05) is 12.9 Å². The Morgan fingerprint density at radius 2 is 1.74 bits per heavy atom. The van der Waals surface area contributed by atoms with Crippen molar-refractivity contribution >= 4 is 20.6 Å². The summed E-state index contributed by atoms with van der Waals surface area (Å²) >= 11 is 0. The van der Waals surface area contributed by atoms with Crippen LogP contribution in [0.3, 0.4) is 0 Å². The van der Waals surface area contributed by atoms with E-state index in [9.17, 15) is 13.2 Å². The number of hydrogen-bond acceptors (Lipinski definition) is 5. The molecule has 2 aromatic carbocycles. The number of benzene rings is 2. The molecule has 2 heterocycles. The SMILES string of the molecule is CCS(=O)(=O)c1ccc(OC)c(-c2cn(C)c(=O)c3ccc(-c4cnn(C)c4)cc23)c1. The summed E-state index contributed by atoms with van der Waals surface area (Å²) in [6.07, 6.45) is 5.38. The van der Waals surface area contributed by atoms with E-state index in [4.69, 9.17) is 4.74 Å². The lowest BCUT2D eigenvalue weighted by molar-refractivity contribution is 0.416. The molecule has 31 heavy (non-hydrogen) atoms. The van der Waals surface area contributed by atoms with E-state index in [1.54, 1.807) is 55.3 Å². The van der Waals surface area contributed by atoms with Gasteiger partial charge >= 0.3 is 0 Å². The minimum absolute atomic E-state index is 0.00204. The molecular weight excluding hydrogens is 414 g/mol. The van der Waals surface area contributed by atoms with Crippen LogP contribution in [0, 0.1) is 0 Å². The van der Waals surface area contributed by atoms with Gasteiger partial charge in [0.15, 0.2) is 9.84 Å². The summed E-state index contributed by atoms with van der Waals surface area (Å²) in [6.45, 7) is 1.61. The molecule has 0 saturated heterocycles. The Hall–Kier alpha value is -3.39. The van der Waals surface area contributed by atoms with Gasteiger partial charge in [-0.05, 0) is 41.3 Å². The monoisotopic (exact) mass is 437 g/mol. The molecule has 0 radical (unpaired) electrons. The summed E-state index contributed by atoms with van der Waals surface area (Å²) < 4.78 is 33.8. The van der Waals surface area contributed by atoms with Crippen LogP contribution < -0.4 is 10.3 Å². The molecule has 0 aliphatic rings. The van der Waals surface area contributed by atoms with E-state index in [2.05, 4.69) is 5.10 Å². The highest BCUT2D eigenvalue weighted by atomic mass is 32.2. The Morgan fingerprint density at radius 3 is 2.39 bits per heavy atom. The Bertz CT molecular complexity index is 1470. The lowest BCUT2D eigenvalue weighted by Crippen LogP contribution is -2.16. The first-order valence-corrected chi connectivity index (χ1v) is 11.4. The van der Waals surface area contributed by atoms with Gasteiger partial charge in [0.2, 0.25) is 0 Å². The molecule has 0 spiro atoms. The van der Waals surface area contributed by atoms with Gasteiger partial charge in [-0.2, -0.15) is 5.10 Å². The molecule has 4 aromatic rings. The molecule has 0 aliphatic carbocycles. The van der Waals surface area contributed by atoms with Gasteiger partial charge in [0.1, 0.15) is 5.75 Å². The lowest BCUT2D eigenvalue weighted by atomic mass is 9.97. The molecule has 160 valence electrons. The molecule has 0 aliphatic heterocycles. The van der Waals surface area contributed by atoms with Crippen molar-refractivity contribution in [2.24, 2.45) is 14.1 Å². The Labute approximate surface area is 180 Å². The zero-order valence-corrected chi connectivity index (χ0v) is 18.6. The van der Waals surface area contributed by atoms with Crippen molar-refractivity contribution in [1.82, 2.24) is 14.3 Å². The van der Waals surface area contributed by atoms with E-state index >= 15 is 0 Å². The Balaban J connectivity index is 2.06. The highest BCUT2D eigenvalue weighted by Gasteiger charge is 2.19. The third kappa shape index (κ3) is 3.63. The van der Waals surface area contributed by atoms with Gasteiger partial charge < -0.3 is 9.30 Å². The number of ether oxygens (including phenoxy) is 1. The van der Waals surface area contributed by atoms with Crippen LogP contribution in [0.25, 0.3) is 33.0 Å². The minimum Gasteiger partial charge on any atom is -0.496 e. The van der Waals surface area contributed by atoms with Crippen LogP contribution in [0.2, 0.25) is 0 Å². The third-order valence-corrected chi connectivity index (χ3v) is 7.15. The van der Waals surface area contributed by atoms with Crippen molar-refractivity contribution in [3.63, 3.8) is 0 Å². The first kappa shape index (κ1) is 20.9. The second kappa shape index (κ2) is 7.70. The van der Waals surface area contributed by atoms with Crippen LogP contribution in [-0.2, 0) is 23.9 Å². The quantitative estimate of drug-likeness (QED) is 0.478. The zero-order valence-electron chi connectivity index (χ0n) is 17.8. The van der Waals surface area contributed by atoms with E-state index in [1.165, 1.54) is 11.7 Å². The highest BCUT2D eigenvalue weighted by molar-refractivity contribution is 7.91.